The van der Waals surface area contributed by atoms with Gasteiger partial charge in [-0.15, -0.1) is 0 Å². The maximum absolute atomic E-state index is 10.5. The summed E-state index contributed by atoms with van der Waals surface area (Å²) in [5.41, 5.74) is 0. The van der Waals surface area contributed by atoms with Crippen LogP contribution in [0, 0.1) is 0 Å². The number of hydrogen-bond acceptors (Lipinski definition) is 4. The minimum absolute atomic E-state index is 0.147. The molecule has 4 nitrogen and oxygen atoms in total. The van der Waals surface area contributed by atoms with Crippen molar-refractivity contribution in [2.24, 2.45) is 0 Å². The van der Waals surface area contributed by atoms with E-state index in [0.717, 1.165) is 5.75 Å². The van der Waals surface area contributed by atoms with Crippen molar-refractivity contribution < 1.29 is 19.4 Å². The van der Waals surface area contributed by atoms with Crippen molar-refractivity contribution in [1.82, 2.24) is 0 Å². The number of benzene rings is 1. The molecule has 0 unspecified atom stereocenters. The fourth-order valence-electron chi connectivity index (χ4n) is 0.877. The summed E-state index contributed by atoms with van der Waals surface area (Å²) in [5.74, 6) is 0.0919. The summed E-state index contributed by atoms with van der Waals surface area (Å²) in [5, 5.41) is 8.34. The summed E-state index contributed by atoms with van der Waals surface area (Å²) < 4.78 is 9.84. The van der Waals surface area contributed by atoms with E-state index in [0.29, 0.717) is 0 Å². The minimum Gasteiger partial charge on any atom is -0.490 e. The first-order chi connectivity index (χ1) is 6.83. The monoisotopic (exact) mass is 196 g/mol. The van der Waals surface area contributed by atoms with Gasteiger partial charge in [0.15, 0.2) is 0 Å². The Balaban J connectivity index is 2.13. The summed E-state index contributed by atoms with van der Waals surface area (Å²) in [6.07, 6.45) is 0. The number of ether oxygens (including phenoxy) is 2. The first-order valence-electron chi connectivity index (χ1n) is 4.27. The fraction of sp³-hybridized carbons (Fsp3) is 0.300. The summed E-state index contributed by atoms with van der Waals surface area (Å²) in [7, 11) is 0. The lowest BCUT2D eigenvalue weighted by Crippen LogP contribution is -2.14. The van der Waals surface area contributed by atoms with Crippen LogP contribution in [-0.2, 0) is 9.53 Å². The van der Waals surface area contributed by atoms with Crippen molar-refractivity contribution in [2.75, 3.05) is 19.8 Å². The van der Waals surface area contributed by atoms with Gasteiger partial charge in [-0.1, -0.05) is 18.2 Å². The van der Waals surface area contributed by atoms with E-state index in [1.165, 1.54) is 0 Å². The van der Waals surface area contributed by atoms with Gasteiger partial charge in [0.2, 0.25) is 0 Å². The van der Waals surface area contributed by atoms with Gasteiger partial charge in [0.1, 0.15) is 25.6 Å². The molecule has 0 aliphatic rings. The van der Waals surface area contributed by atoms with Crippen LogP contribution < -0.4 is 4.74 Å². The minimum atomic E-state index is -0.637. The third kappa shape index (κ3) is 3.91. The lowest BCUT2D eigenvalue weighted by molar-refractivity contribution is -0.147. The zero-order chi connectivity index (χ0) is 10.2. The Kier molecular flexibility index (Phi) is 4.50. The first-order valence-corrected chi connectivity index (χ1v) is 4.27. The van der Waals surface area contributed by atoms with Gasteiger partial charge in [0.05, 0.1) is 0 Å². The van der Waals surface area contributed by atoms with Crippen LogP contribution in [0.15, 0.2) is 30.3 Å². The van der Waals surface area contributed by atoms with E-state index in [9.17, 15) is 4.79 Å². The summed E-state index contributed by atoms with van der Waals surface area (Å²) in [6.45, 7) is -0.157. The molecule has 0 heterocycles. The van der Waals surface area contributed by atoms with E-state index in [1.807, 2.05) is 30.3 Å². The number of carbonyl (C=O) groups excluding carboxylic acids is 1. The summed E-state index contributed by atoms with van der Waals surface area (Å²) in [6, 6.07) is 9.23. The van der Waals surface area contributed by atoms with Crippen LogP contribution >= 0.6 is 0 Å². The number of rotatable bonds is 5. The summed E-state index contributed by atoms with van der Waals surface area (Å²) in [4.78, 5) is 10.5. The van der Waals surface area contributed by atoms with Gasteiger partial charge < -0.3 is 14.6 Å². The van der Waals surface area contributed by atoms with Gasteiger partial charge >= 0.3 is 5.97 Å². The van der Waals surface area contributed by atoms with E-state index in [-0.39, 0.29) is 13.2 Å². The predicted molar refractivity (Wildman–Crippen MR) is 50.0 cm³/mol. The highest BCUT2D eigenvalue weighted by atomic mass is 16.6. The highest BCUT2D eigenvalue weighted by Gasteiger charge is 1.98. The van der Waals surface area contributed by atoms with Crippen LogP contribution in [0.5, 0.6) is 5.75 Å². The van der Waals surface area contributed by atoms with Crippen molar-refractivity contribution in [2.45, 2.75) is 0 Å². The molecule has 1 aromatic rings. The van der Waals surface area contributed by atoms with Crippen LogP contribution in [0.25, 0.3) is 0 Å². The molecule has 0 atom stereocenters. The highest BCUT2D eigenvalue weighted by Crippen LogP contribution is 2.07. The molecule has 0 aliphatic carbocycles. The molecule has 0 radical (unpaired) electrons. The lowest BCUT2D eigenvalue weighted by atomic mass is 10.3. The topological polar surface area (TPSA) is 55.8 Å². The van der Waals surface area contributed by atoms with Crippen molar-refractivity contribution in [1.29, 1.82) is 0 Å². The standard InChI is InChI=1S/C10H12O4/c11-8-10(12)14-7-6-13-9-4-2-1-3-5-9/h1-5,11H,6-8H2. The number of para-hydroxylation sites is 1. The van der Waals surface area contributed by atoms with Gasteiger partial charge in [0, 0.05) is 0 Å². The Bertz CT molecular complexity index is 271. The second-order valence-electron chi connectivity index (χ2n) is 2.54. The van der Waals surface area contributed by atoms with E-state index in [4.69, 9.17) is 9.84 Å². The molecular formula is C10H12O4. The van der Waals surface area contributed by atoms with Crippen LogP contribution in [0.4, 0.5) is 0 Å². The Labute approximate surface area is 82.1 Å². The number of hydrogen-bond donors (Lipinski definition) is 1. The van der Waals surface area contributed by atoms with Gasteiger partial charge in [-0.05, 0) is 12.1 Å². The normalized spacial score (nSPS) is 9.50. The third-order valence-corrected chi connectivity index (χ3v) is 1.49. The van der Waals surface area contributed by atoms with E-state index in [1.54, 1.807) is 0 Å². The average molecular weight is 196 g/mol. The molecule has 0 saturated carbocycles. The van der Waals surface area contributed by atoms with Gasteiger partial charge in [0.25, 0.3) is 0 Å². The molecule has 1 rings (SSSR count). The average Bonchev–Trinajstić information content (AvgIpc) is 2.25. The van der Waals surface area contributed by atoms with E-state index >= 15 is 0 Å². The molecule has 0 saturated heterocycles. The second-order valence-corrected chi connectivity index (χ2v) is 2.54. The van der Waals surface area contributed by atoms with Crippen LogP contribution in [0.3, 0.4) is 0 Å². The zero-order valence-corrected chi connectivity index (χ0v) is 7.68. The second kappa shape index (κ2) is 5.99. The smallest absolute Gasteiger partial charge is 0.331 e. The first kappa shape index (κ1) is 10.5. The molecule has 0 spiro atoms. The van der Waals surface area contributed by atoms with Crippen molar-refractivity contribution >= 4 is 5.97 Å². The lowest BCUT2D eigenvalue weighted by Gasteiger charge is -2.05. The van der Waals surface area contributed by atoms with Crippen molar-refractivity contribution in [3.63, 3.8) is 0 Å². The predicted octanol–water partition coefficient (Wildman–Crippen LogP) is 0.601. The molecule has 4 heteroatoms. The molecule has 76 valence electrons. The Hall–Kier alpha value is -1.55. The molecule has 0 fully saturated rings. The number of aliphatic hydroxyl groups excluding tert-OH is 1. The molecule has 0 bridgehead atoms. The summed E-state index contributed by atoms with van der Waals surface area (Å²) >= 11 is 0. The Morgan fingerprint density at radius 2 is 1.93 bits per heavy atom. The molecule has 1 N–H and O–H groups in total. The van der Waals surface area contributed by atoms with Crippen molar-refractivity contribution in [3.05, 3.63) is 30.3 Å². The van der Waals surface area contributed by atoms with Crippen LogP contribution in [-0.4, -0.2) is 30.9 Å². The van der Waals surface area contributed by atoms with Crippen molar-refractivity contribution in [3.8, 4) is 5.75 Å². The number of carbonyl (C=O) groups is 1. The van der Waals surface area contributed by atoms with Crippen LogP contribution in [0.2, 0.25) is 0 Å². The molecule has 1 aromatic carbocycles. The number of aliphatic hydroxyl groups is 1. The third-order valence-electron chi connectivity index (χ3n) is 1.49. The van der Waals surface area contributed by atoms with E-state index in [2.05, 4.69) is 4.74 Å². The van der Waals surface area contributed by atoms with Gasteiger partial charge in [-0.2, -0.15) is 0 Å². The van der Waals surface area contributed by atoms with Crippen LogP contribution in [0.1, 0.15) is 0 Å². The Morgan fingerprint density at radius 1 is 1.21 bits per heavy atom. The maximum Gasteiger partial charge on any atom is 0.331 e. The molecule has 14 heavy (non-hydrogen) atoms. The largest absolute Gasteiger partial charge is 0.490 e. The SMILES string of the molecule is O=C(CO)OCCOc1ccccc1. The van der Waals surface area contributed by atoms with E-state index < -0.39 is 12.6 Å². The highest BCUT2D eigenvalue weighted by molar-refractivity contribution is 5.70. The quantitative estimate of drug-likeness (QED) is 0.553. The van der Waals surface area contributed by atoms with Gasteiger partial charge in [-0.25, -0.2) is 4.79 Å². The Morgan fingerprint density at radius 3 is 2.57 bits per heavy atom. The maximum atomic E-state index is 10.5. The fourth-order valence-corrected chi connectivity index (χ4v) is 0.877. The molecular weight excluding hydrogens is 184 g/mol. The molecule has 0 aliphatic heterocycles. The number of esters is 1. The molecule has 0 amide bonds. The zero-order valence-electron chi connectivity index (χ0n) is 7.68. The van der Waals surface area contributed by atoms with Gasteiger partial charge in [-0.3, -0.25) is 0 Å². The molecule has 0 aromatic heterocycles.